The fourth-order valence-corrected chi connectivity index (χ4v) is 8.02. The molecule has 0 spiro atoms. The highest BCUT2D eigenvalue weighted by Crippen LogP contribution is 2.33. The number of hydrogen-bond donors (Lipinski definition) is 1. The Morgan fingerprint density at radius 2 is 2.06 bits per heavy atom. The van der Waals surface area contributed by atoms with Crippen LogP contribution in [0.5, 0.6) is 0 Å². The molecule has 13 heteroatoms. The number of hydrogen-bond acceptors (Lipinski definition) is 8. The molecule has 31 heavy (non-hydrogen) atoms. The SMILES string of the molecule is COC(=O)N1CCc2nc(NC(=O)C3CCCCN3S(=O)(=O)c3ccc(Cl)s3)sc2C1. The molecule has 168 valence electrons. The van der Waals surface area contributed by atoms with E-state index in [2.05, 4.69) is 10.3 Å². The van der Waals surface area contributed by atoms with Gasteiger partial charge in [-0.25, -0.2) is 18.2 Å². The molecule has 0 radical (unpaired) electrons. The maximum atomic E-state index is 13.1. The largest absolute Gasteiger partial charge is 0.453 e. The van der Waals surface area contributed by atoms with Crippen molar-refractivity contribution in [1.82, 2.24) is 14.2 Å². The summed E-state index contributed by atoms with van der Waals surface area (Å²) in [6, 6.07) is 2.19. The van der Waals surface area contributed by atoms with Crippen molar-refractivity contribution in [2.75, 3.05) is 25.5 Å². The van der Waals surface area contributed by atoms with Crippen molar-refractivity contribution in [3.8, 4) is 0 Å². The Morgan fingerprint density at radius 3 is 2.77 bits per heavy atom. The van der Waals surface area contributed by atoms with Crippen LogP contribution in [0.4, 0.5) is 9.93 Å². The van der Waals surface area contributed by atoms with Gasteiger partial charge < -0.3 is 15.0 Å². The van der Waals surface area contributed by atoms with Crippen molar-refractivity contribution in [3.05, 3.63) is 27.0 Å². The lowest BCUT2D eigenvalue weighted by Crippen LogP contribution is -2.49. The topological polar surface area (TPSA) is 109 Å². The van der Waals surface area contributed by atoms with E-state index in [4.69, 9.17) is 16.3 Å². The van der Waals surface area contributed by atoms with Crippen molar-refractivity contribution in [3.63, 3.8) is 0 Å². The Balaban J connectivity index is 1.50. The van der Waals surface area contributed by atoms with Gasteiger partial charge in [-0.1, -0.05) is 29.4 Å². The average molecular weight is 505 g/mol. The molecule has 2 amide bonds. The Kier molecular flexibility index (Phi) is 6.54. The molecular formula is C18H21ClN4O5S3. The lowest BCUT2D eigenvalue weighted by Gasteiger charge is -2.32. The number of sulfonamides is 1. The van der Waals surface area contributed by atoms with Crippen molar-refractivity contribution >= 4 is 61.4 Å². The van der Waals surface area contributed by atoms with Crippen LogP contribution in [0.15, 0.2) is 16.3 Å². The minimum Gasteiger partial charge on any atom is -0.453 e. The fraction of sp³-hybridized carbons (Fsp3) is 0.500. The lowest BCUT2D eigenvalue weighted by atomic mass is 10.0. The lowest BCUT2D eigenvalue weighted by molar-refractivity contribution is -0.120. The monoisotopic (exact) mass is 504 g/mol. The third kappa shape index (κ3) is 4.58. The van der Waals surface area contributed by atoms with E-state index in [1.54, 1.807) is 4.90 Å². The number of halogens is 1. The van der Waals surface area contributed by atoms with Crippen molar-refractivity contribution in [2.45, 2.75) is 42.5 Å². The van der Waals surface area contributed by atoms with Gasteiger partial charge in [0.2, 0.25) is 5.91 Å². The van der Waals surface area contributed by atoms with Gasteiger partial charge in [0.25, 0.3) is 10.0 Å². The molecule has 0 aromatic carbocycles. The van der Waals surface area contributed by atoms with Crippen molar-refractivity contribution < 1.29 is 22.7 Å². The summed E-state index contributed by atoms with van der Waals surface area (Å²) in [5.41, 5.74) is 0.835. The van der Waals surface area contributed by atoms with E-state index < -0.39 is 28.1 Å². The fourth-order valence-electron chi connectivity index (χ4n) is 3.73. The smallest absolute Gasteiger partial charge is 0.409 e. The molecule has 1 saturated heterocycles. The number of aromatic nitrogens is 1. The molecule has 2 aliphatic heterocycles. The third-order valence-corrected chi connectivity index (χ3v) is 9.87. The van der Waals surface area contributed by atoms with E-state index in [-0.39, 0.29) is 10.8 Å². The molecule has 2 aromatic rings. The summed E-state index contributed by atoms with van der Waals surface area (Å²) in [6.45, 7) is 1.14. The number of thiophene rings is 1. The molecule has 1 fully saturated rings. The number of rotatable bonds is 4. The highest BCUT2D eigenvalue weighted by atomic mass is 35.5. The van der Waals surface area contributed by atoms with E-state index in [1.807, 2.05) is 0 Å². The van der Waals surface area contributed by atoms with Crippen molar-refractivity contribution in [1.29, 1.82) is 0 Å². The molecule has 1 atom stereocenters. The van der Waals surface area contributed by atoms with Crippen LogP contribution in [0.25, 0.3) is 0 Å². The number of fused-ring (bicyclic) bond motifs is 1. The van der Waals surface area contributed by atoms with Gasteiger partial charge in [-0.15, -0.1) is 11.3 Å². The highest BCUT2D eigenvalue weighted by Gasteiger charge is 2.38. The molecule has 4 rings (SSSR count). The van der Waals surface area contributed by atoms with Crippen LogP contribution >= 0.6 is 34.3 Å². The number of thiazole rings is 1. The van der Waals surface area contributed by atoms with Gasteiger partial charge in [0.1, 0.15) is 10.3 Å². The van der Waals surface area contributed by atoms with Gasteiger partial charge in [0, 0.05) is 24.4 Å². The molecule has 2 aromatic heterocycles. The number of nitrogens with one attached hydrogen (secondary N) is 1. The van der Waals surface area contributed by atoms with E-state index in [0.717, 1.165) is 28.3 Å². The zero-order chi connectivity index (χ0) is 22.2. The molecule has 9 nitrogen and oxygen atoms in total. The van der Waals surface area contributed by atoms with Crippen LogP contribution < -0.4 is 5.32 Å². The summed E-state index contributed by atoms with van der Waals surface area (Å²) in [6.07, 6.45) is 2.06. The second kappa shape index (κ2) is 9.02. The number of ether oxygens (including phenoxy) is 1. The average Bonchev–Trinajstić information content (AvgIpc) is 3.38. The van der Waals surface area contributed by atoms with Crippen LogP contribution in [-0.4, -0.2) is 60.8 Å². The molecule has 1 N–H and O–H groups in total. The van der Waals surface area contributed by atoms with Gasteiger partial charge in [0.05, 0.1) is 23.7 Å². The first-order valence-electron chi connectivity index (χ1n) is 9.69. The molecule has 4 heterocycles. The van der Waals surface area contributed by atoms with E-state index >= 15 is 0 Å². The molecular weight excluding hydrogens is 484 g/mol. The minimum atomic E-state index is -3.82. The summed E-state index contributed by atoms with van der Waals surface area (Å²) in [4.78, 5) is 31.7. The van der Waals surface area contributed by atoms with Crippen LogP contribution in [-0.2, 0) is 32.5 Å². The molecule has 0 aliphatic carbocycles. The first-order valence-corrected chi connectivity index (χ1v) is 13.1. The first kappa shape index (κ1) is 22.5. The number of methoxy groups -OCH3 is 1. The zero-order valence-corrected chi connectivity index (χ0v) is 19.9. The summed E-state index contributed by atoms with van der Waals surface area (Å²) < 4.78 is 32.7. The normalized spacial score (nSPS) is 19.7. The van der Waals surface area contributed by atoms with Gasteiger partial charge in [-0.2, -0.15) is 4.31 Å². The summed E-state index contributed by atoms with van der Waals surface area (Å²) >= 11 is 8.19. The Hall–Kier alpha value is -1.73. The van der Waals surface area contributed by atoms with Crippen LogP contribution in [0, 0.1) is 0 Å². The third-order valence-electron chi connectivity index (χ3n) is 5.26. The second-order valence-corrected chi connectivity index (χ2v) is 12.1. The predicted octanol–water partition coefficient (Wildman–Crippen LogP) is 3.16. The standard InChI is InChI=1S/C18H21ClN4O5S3/c1-28-18(25)22-9-7-11-13(10-22)29-17(20-11)21-16(24)12-4-2-3-8-23(12)31(26,27)15-6-5-14(19)30-15/h5-6,12H,2-4,7-10H2,1H3,(H,20,21,24). The zero-order valence-electron chi connectivity index (χ0n) is 16.7. The Labute approximate surface area is 193 Å². The second-order valence-electron chi connectivity index (χ2n) is 7.21. The van der Waals surface area contributed by atoms with Crippen LogP contribution in [0.3, 0.4) is 0 Å². The van der Waals surface area contributed by atoms with Gasteiger partial charge in [-0.3, -0.25) is 4.79 Å². The molecule has 0 saturated carbocycles. The number of anilines is 1. The van der Waals surface area contributed by atoms with E-state index in [1.165, 1.54) is 34.9 Å². The van der Waals surface area contributed by atoms with Gasteiger partial charge in [-0.05, 0) is 25.0 Å². The first-order chi connectivity index (χ1) is 14.8. The molecule has 0 bridgehead atoms. The number of nitrogens with zero attached hydrogens (tertiary/aromatic N) is 3. The van der Waals surface area contributed by atoms with Gasteiger partial charge >= 0.3 is 6.09 Å². The maximum Gasteiger partial charge on any atom is 0.409 e. The van der Waals surface area contributed by atoms with Crippen LogP contribution in [0.1, 0.15) is 29.8 Å². The number of piperidine rings is 1. The minimum absolute atomic E-state index is 0.129. The Morgan fingerprint density at radius 1 is 1.26 bits per heavy atom. The number of amides is 2. The van der Waals surface area contributed by atoms with Crippen LogP contribution in [0.2, 0.25) is 4.34 Å². The van der Waals surface area contributed by atoms with Crippen molar-refractivity contribution in [2.24, 2.45) is 0 Å². The summed E-state index contributed by atoms with van der Waals surface area (Å²) in [5.74, 6) is -0.401. The predicted molar refractivity (Wildman–Crippen MR) is 118 cm³/mol. The summed E-state index contributed by atoms with van der Waals surface area (Å²) in [5, 5.41) is 3.20. The van der Waals surface area contributed by atoms with E-state index in [9.17, 15) is 18.0 Å². The maximum absolute atomic E-state index is 13.1. The van der Waals surface area contributed by atoms with E-state index in [0.29, 0.717) is 41.8 Å². The number of carbonyl (C=O) groups excluding carboxylic acids is 2. The number of carbonyl (C=O) groups is 2. The van der Waals surface area contributed by atoms with Gasteiger partial charge in [0.15, 0.2) is 5.13 Å². The molecule has 2 aliphatic rings. The highest BCUT2D eigenvalue weighted by molar-refractivity contribution is 7.91. The quantitative estimate of drug-likeness (QED) is 0.685. The molecule has 1 unspecified atom stereocenters. The Bertz CT molecular complexity index is 1100. The summed E-state index contributed by atoms with van der Waals surface area (Å²) in [7, 11) is -2.48.